The molecule has 1 aromatic heterocycles. The Balaban J connectivity index is 2.70. The van der Waals surface area contributed by atoms with Gasteiger partial charge in [-0.3, -0.25) is 19.5 Å². The number of aliphatic carboxylic acids is 1. The van der Waals surface area contributed by atoms with Crippen LogP contribution in [0.1, 0.15) is 75.7 Å². The van der Waals surface area contributed by atoms with Gasteiger partial charge in [0.1, 0.15) is 0 Å². The van der Waals surface area contributed by atoms with Crippen LogP contribution in [0, 0.1) is 5.92 Å². The van der Waals surface area contributed by atoms with E-state index in [1.54, 1.807) is 66.1 Å². The molecule has 3 atom stereocenters. The minimum atomic E-state index is -3.80. The molecule has 42 heavy (non-hydrogen) atoms. The van der Waals surface area contributed by atoms with Crippen molar-refractivity contribution in [2.24, 2.45) is 5.92 Å². The second-order valence-corrected chi connectivity index (χ2v) is 20.8. The lowest BCUT2D eigenvalue weighted by Gasteiger charge is -2.52. The van der Waals surface area contributed by atoms with Gasteiger partial charge in [0.15, 0.2) is 13.4 Å². The minimum Gasteiger partial charge on any atom is -0.476 e. The van der Waals surface area contributed by atoms with Crippen molar-refractivity contribution in [3.05, 3.63) is 24.5 Å². The highest BCUT2D eigenvalue weighted by molar-refractivity contribution is 8.13. The molecule has 1 fully saturated rings. The van der Waals surface area contributed by atoms with Crippen molar-refractivity contribution in [2.45, 2.75) is 129 Å². The van der Waals surface area contributed by atoms with E-state index in [4.69, 9.17) is 18.0 Å². The van der Waals surface area contributed by atoms with Crippen molar-refractivity contribution >= 4 is 50.1 Å². The number of carbonyl (C=O) groups excluding carboxylic acids is 2. The highest BCUT2D eigenvalue weighted by Crippen LogP contribution is 2.58. The van der Waals surface area contributed by atoms with Crippen LogP contribution in [-0.4, -0.2) is 76.2 Å². The quantitative estimate of drug-likeness (QED) is 0.103. The summed E-state index contributed by atoms with van der Waals surface area (Å²) >= 11 is 1.00. The predicted molar refractivity (Wildman–Crippen MR) is 170 cm³/mol. The number of carboxylic acid groups (broad SMARTS) is 1. The molecule has 2 heterocycles. The van der Waals surface area contributed by atoms with Crippen LogP contribution in [0.25, 0.3) is 0 Å². The van der Waals surface area contributed by atoms with Crippen LogP contribution in [0.2, 0.25) is 18.1 Å². The summed E-state index contributed by atoms with van der Waals surface area (Å²) in [5.74, 6) is -2.60. The van der Waals surface area contributed by atoms with E-state index < -0.39 is 69.6 Å². The smallest absolute Gasteiger partial charge is 0.359 e. The summed E-state index contributed by atoms with van der Waals surface area (Å²) in [5, 5.41) is 10.3. The number of carbonyl (C=O) groups is 3. The molecule has 0 radical (unpaired) electrons. The third kappa shape index (κ3) is 9.00. The fourth-order valence-corrected chi connectivity index (χ4v) is 9.50. The fourth-order valence-electron chi connectivity index (χ4n) is 4.44. The van der Waals surface area contributed by atoms with Gasteiger partial charge in [0, 0.05) is 23.7 Å². The summed E-state index contributed by atoms with van der Waals surface area (Å²) in [7, 11) is -6.10. The van der Waals surface area contributed by atoms with Gasteiger partial charge in [0.25, 0.3) is 7.57 Å². The molecule has 1 amide bonds. The van der Waals surface area contributed by atoms with Crippen LogP contribution in [-0.2, 0) is 32.4 Å². The van der Waals surface area contributed by atoms with E-state index in [1.165, 1.54) is 4.90 Å². The number of carboxylic acids is 1. The summed E-state index contributed by atoms with van der Waals surface area (Å²) in [4.78, 5) is 46.4. The molecule has 2 rings (SSSR count). The van der Waals surface area contributed by atoms with Gasteiger partial charge in [-0.2, -0.15) is 0 Å². The number of hydrogen-bond donors (Lipinski definition) is 1. The molecule has 1 aliphatic rings. The van der Waals surface area contributed by atoms with Crippen LogP contribution in [0.15, 0.2) is 29.4 Å². The summed E-state index contributed by atoms with van der Waals surface area (Å²) < 4.78 is 25.2. The van der Waals surface area contributed by atoms with Crippen molar-refractivity contribution in [1.29, 1.82) is 0 Å². The van der Waals surface area contributed by atoms with Gasteiger partial charge in [0.2, 0.25) is 11.3 Å². The van der Waals surface area contributed by atoms with Crippen LogP contribution >= 0.6 is 19.3 Å². The lowest BCUT2D eigenvalue weighted by Crippen LogP contribution is -2.69. The second kappa shape index (κ2) is 14.5. The Morgan fingerprint density at radius 2 is 1.57 bits per heavy atom. The van der Waals surface area contributed by atoms with Crippen LogP contribution in [0.3, 0.4) is 0 Å². The predicted octanol–water partition coefficient (Wildman–Crippen LogP) is 6.58. The van der Waals surface area contributed by atoms with Crippen LogP contribution in [0.5, 0.6) is 0 Å². The number of hydrogen-bond acceptors (Lipinski definition) is 9. The molecule has 3 unspecified atom stereocenters. The second-order valence-electron chi connectivity index (χ2n) is 12.8. The molecular weight excluding hydrogens is 595 g/mol. The summed E-state index contributed by atoms with van der Waals surface area (Å²) in [6.45, 7) is 22.9. The molecule has 1 saturated heterocycles. The summed E-state index contributed by atoms with van der Waals surface area (Å²) in [6, 6.07) is 2.70. The standard InChI is InChI=1S/C29H49N2O8PSSi/c1-18(2)36-40(37-19(3)4,38-20(5)6)27(28(34)35)31-23(16-24(32)41-22-14-13-15-30-17-22)25(26(31)33)21(7)39-42(11,12)29(8,9)10/h13-15,17-21,23,25H,16H2,1-12H3,(H,34,35). The fraction of sp³-hybridized carbons (Fsp3) is 0.690. The highest BCUT2D eigenvalue weighted by atomic mass is 32.2. The van der Waals surface area contributed by atoms with Crippen molar-refractivity contribution in [1.82, 2.24) is 9.88 Å². The molecule has 238 valence electrons. The lowest BCUT2D eigenvalue weighted by atomic mass is 9.81. The summed E-state index contributed by atoms with van der Waals surface area (Å²) in [5.41, 5.74) is -0.399. The van der Waals surface area contributed by atoms with Crippen molar-refractivity contribution in [3.63, 3.8) is 0 Å². The number of thioether (sulfide) groups is 1. The molecule has 0 spiro atoms. The lowest BCUT2D eigenvalue weighted by molar-refractivity contribution is -0.157. The first-order valence-electron chi connectivity index (χ1n) is 14.4. The Morgan fingerprint density at radius 3 is 1.98 bits per heavy atom. The van der Waals surface area contributed by atoms with Crippen LogP contribution in [0.4, 0.5) is 0 Å². The SMILES string of the molecule is CC(C)OP(OC(C)C)(OC(C)C)=C(C(=O)O)N1C(=O)C(C(C)O[Si](C)(C)C(C)(C)C)C1CC(=O)Sc1cccnc1. The average molecular weight is 645 g/mol. The Morgan fingerprint density at radius 1 is 1.05 bits per heavy atom. The van der Waals surface area contributed by atoms with E-state index >= 15 is 0 Å². The molecule has 0 saturated carbocycles. The first kappa shape index (κ1) is 36.7. The van der Waals surface area contributed by atoms with E-state index in [0.717, 1.165) is 11.8 Å². The maximum absolute atomic E-state index is 14.0. The molecule has 0 bridgehead atoms. The van der Waals surface area contributed by atoms with E-state index in [2.05, 4.69) is 38.8 Å². The largest absolute Gasteiger partial charge is 0.476 e. The number of β-lactam (4-membered cyclic amide) rings is 1. The zero-order chi connectivity index (χ0) is 32.2. The summed E-state index contributed by atoms with van der Waals surface area (Å²) in [6.07, 6.45) is 1.12. The van der Waals surface area contributed by atoms with Crippen molar-refractivity contribution in [2.75, 3.05) is 0 Å². The monoisotopic (exact) mass is 644 g/mol. The third-order valence-electron chi connectivity index (χ3n) is 7.03. The zero-order valence-corrected chi connectivity index (χ0v) is 29.7. The molecule has 1 aliphatic heterocycles. The van der Waals surface area contributed by atoms with Crippen molar-refractivity contribution < 1.29 is 37.5 Å². The number of aromatic nitrogens is 1. The zero-order valence-electron chi connectivity index (χ0n) is 27.0. The van der Waals surface area contributed by atoms with Gasteiger partial charge in [-0.15, -0.1) is 0 Å². The number of likely N-dealkylation sites (tertiary alicyclic amines) is 1. The first-order valence-corrected chi connectivity index (χ1v) is 19.7. The first-order chi connectivity index (χ1) is 19.2. The Kier molecular flexibility index (Phi) is 12.7. The Hall–Kier alpha value is -1.53. The number of pyridine rings is 1. The van der Waals surface area contributed by atoms with E-state index in [1.807, 2.05) is 6.92 Å². The molecular formula is C29H49N2O8PSSi. The molecule has 10 nitrogen and oxygen atoms in total. The third-order valence-corrected chi connectivity index (χ3v) is 15.5. The van der Waals surface area contributed by atoms with Gasteiger partial charge in [0.05, 0.1) is 36.4 Å². The van der Waals surface area contributed by atoms with Gasteiger partial charge >= 0.3 is 5.97 Å². The average Bonchev–Trinajstić information content (AvgIpc) is 2.79. The Labute approximate surface area is 256 Å². The van der Waals surface area contributed by atoms with Gasteiger partial charge in [-0.1, -0.05) is 32.5 Å². The topological polar surface area (TPSA) is 124 Å². The highest BCUT2D eigenvalue weighted by Gasteiger charge is 2.58. The van der Waals surface area contributed by atoms with Gasteiger partial charge in [-0.05, 0) is 78.7 Å². The van der Waals surface area contributed by atoms with E-state index in [-0.39, 0.29) is 16.6 Å². The maximum atomic E-state index is 14.0. The number of amides is 1. The normalized spacial score (nSPS) is 18.9. The van der Waals surface area contributed by atoms with Crippen molar-refractivity contribution in [3.8, 4) is 0 Å². The molecule has 1 N–H and O–H groups in total. The van der Waals surface area contributed by atoms with E-state index in [9.17, 15) is 19.5 Å². The van der Waals surface area contributed by atoms with Crippen LogP contribution < -0.4 is 0 Å². The molecule has 0 aromatic carbocycles. The van der Waals surface area contributed by atoms with Gasteiger partial charge < -0.3 is 23.1 Å². The molecule has 0 aliphatic carbocycles. The Bertz CT molecular complexity index is 1140. The number of rotatable bonds is 14. The number of nitrogens with zero attached hydrogens (tertiary/aromatic N) is 2. The van der Waals surface area contributed by atoms with E-state index in [0.29, 0.717) is 4.90 Å². The molecule has 1 aromatic rings. The van der Waals surface area contributed by atoms with Gasteiger partial charge in [-0.25, -0.2) is 4.79 Å². The maximum Gasteiger partial charge on any atom is 0.359 e. The minimum absolute atomic E-state index is 0.108. The molecule has 13 heteroatoms.